The van der Waals surface area contributed by atoms with E-state index in [1.807, 2.05) is 35.2 Å². The summed E-state index contributed by atoms with van der Waals surface area (Å²) in [5.41, 5.74) is 7.15. The zero-order chi connectivity index (χ0) is 17.8. The first kappa shape index (κ1) is 15.2. The van der Waals surface area contributed by atoms with E-state index in [-0.39, 0.29) is 5.91 Å². The van der Waals surface area contributed by atoms with E-state index in [1.54, 1.807) is 0 Å². The van der Waals surface area contributed by atoms with Gasteiger partial charge in [-0.2, -0.15) is 0 Å². The van der Waals surface area contributed by atoms with E-state index >= 15 is 0 Å². The van der Waals surface area contributed by atoms with Gasteiger partial charge in [0.05, 0.1) is 5.52 Å². The summed E-state index contributed by atoms with van der Waals surface area (Å²) in [5, 5.41) is 2.57. The molecule has 3 heteroatoms. The van der Waals surface area contributed by atoms with Crippen LogP contribution in [0.2, 0.25) is 0 Å². The van der Waals surface area contributed by atoms with Crippen LogP contribution in [0.3, 0.4) is 0 Å². The van der Waals surface area contributed by atoms with Gasteiger partial charge in [0.25, 0.3) is 5.91 Å². The minimum absolute atomic E-state index is 0.107. The molecule has 3 aromatic carbocycles. The highest BCUT2D eigenvalue weighted by Gasteiger charge is 2.27. The molecule has 1 aliphatic heterocycles. The number of amides is 1. The van der Waals surface area contributed by atoms with E-state index in [2.05, 4.69) is 48.9 Å². The van der Waals surface area contributed by atoms with Crippen LogP contribution in [0, 0.1) is 6.92 Å². The largest absolute Gasteiger partial charge is 0.343 e. The highest BCUT2D eigenvalue weighted by Crippen LogP contribution is 2.37. The van der Waals surface area contributed by atoms with Gasteiger partial charge < -0.3 is 9.47 Å². The highest BCUT2D eigenvalue weighted by atomic mass is 16.2. The number of para-hydroxylation sites is 1. The molecule has 1 aliphatic rings. The van der Waals surface area contributed by atoms with Crippen molar-refractivity contribution < 1.29 is 4.79 Å². The summed E-state index contributed by atoms with van der Waals surface area (Å²) in [5.74, 6) is 0.107. The Balaban J connectivity index is 1.64. The van der Waals surface area contributed by atoms with E-state index < -0.39 is 0 Å². The lowest BCUT2D eigenvalue weighted by Gasteiger charge is -2.15. The lowest BCUT2D eigenvalue weighted by atomic mass is 10.00. The molecule has 1 amide bonds. The van der Waals surface area contributed by atoms with Gasteiger partial charge in [-0.3, -0.25) is 4.79 Å². The average molecular weight is 340 g/mol. The van der Waals surface area contributed by atoms with Crippen LogP contribution in [0.25, 0.3) is 21.8 Å². The van der Waals surface area contributed by atoms with Crippen molar-refractivity contribution in [3.8, 4) is 0 Å². The Morgan fingerprint density at radius 1 is 0.923 bits per heavy atom. The van der Waals surface area contributed by atoms with Gasteiger partial charge in [0.15, 0.2) is 0 Å². The topological polar surface area (TPSA) is 25.2 Å². The number of nitrogens with zero attached hydrogens (tertiary/aromatic N) is 2. The molecule has 0 N–H and O–H groups in total. The van der Waals surface area contributed by atoms with Gasteiger partial charge >= 0.3 is 0 Å². The molecule has 3 nitrogen and oxygen atoms in total. The van der Waals surface area contributed by atoms with Crippen LogP contribution in [0.5, 0.6) is 0 Å². The van der Waals surface area contributed by atoms with Crippen molar-refractivity contribution in [3.05, 3.63) is 82.9 Å². The van der Waals surface area contributed by atoms with Crippen LogP contribution in [0.15, 0.2) is 60.7 Å². The molecule has 0 saturated carbocycles. The number of hydrogen-bond acceptors (Lipinski definition) is 1. The molecule has 5 rings (SSSR count). The number of carbonyl (C=O) groups excluding carboxylic acids is 1. The first-order valence-electron chi connectivity index (χ1n) is 8.98. The summed E-state index contributed by atoms with van der Waals surface area (Å²) in [6.45, 7) is 3.56. The van der Waals surface area contributed by atoms with Crippen molar-refractivity contribution in [2.75, 3.05) is 0 Å². The van der Waals surface area contributed by atoms with Gasteiger partial charge in [-0.25, -0.2) is 0 Å². The average Bonchev–Trinajstić information content (AvgIpc) is 3.23. The summed E-state index contributed by atoms with van der Waals surface area (Å²) in [4.78, 5) is 14.8. The maximum Gasteiger partial charge on any atom is 0.254 e. The number of rotatable bonds is 1. The molecule has 26 heavy (non-hydrogen) atoms. The van der Waals surface area contributed by atoms with Crippen LogP contribution >= 0.6 is 0 Å². The molecular weight excluding hydrogens is 320 g/mol. The van der Waals surface area contributed by atoms with E-state index in [1.165, 1.54) is 38.5 Å². The molecular formula is C23H20N2O. The maximum absolute atomic E-state index is 12.9. The number of aromatic nitrogens is 1. The van der Waals surface area contributed by atoms with Crippen molar-refractivity contribution >= 4 is 27.7 Å². The van der Waals surface area contributed by atoms with Crippen LogP contribution in [-0.4, -0.2) is 15.4 Å². The summed E-state index contributed by atoms with van der Waals surface area (Å²) in [6, 6.07) is 20.4. The molecule has 0 spiro atoms. The van der Waals surface area contributed by atoms with E-state index in [9.17, 15) is 4.79 Å². The first-order valence-corrected chi connectivity index (χ1v) is 8.98. The predicted octanol–water partition coefficient (Wildman–Crippen LogP) is 4.80. The first-order chi connectivity index (χ1) is 12.6. The zero-order valence-corrected chi connectivity index (χ0v) is 15.0. The number of carbonyl (C=O) groups is 1. The minimum atomic E-state index is 0.107. The fraction of sp³-hybridized carbons (Fsp3) is 0.174. The molecule has 1 aromatic heterocycles. The Morgan fingerprint density at radius 2 is 1.65 bits per heavy atom. The van der Waals surface area contributed by atoms with Gasteiger partial charge in [0.2, 0.25) is 0 Å². The fourth-order valence-electron chi connectivity index (χ4n) is 4.39. The number of fused-ring (bicyclic) bond motifs is 4. The van der Waals surface area contributed by atoms with Gasteiger partial charge in [-0.1, -0.05) is 36.4 Å². The van der Waals surface area contributed by atoms with Crippen molar-refractivity contribution in [2.45, 2.75) is 20.0 Å². The summed E-state index contributed by atoms with van der Waals surface area (Å²) in [7, 11) is 2.13. The second kappa shape index (κ2) is 5.46. The van der Waals surface area contributed by atoms with E-state index in [0.29, 0.717) is 13.1 Å². The van der Waals surface area contributed by atoms with E-state index in [4.69, 9.17) is 0 Å². The summed E-state index contributed by atoms with van der Waals surface area (Å²) >= 11 is 0. The summed E-state index contributed by atoms with van der Waals surface area (Å²) in [6.07, 6.45) is 0. The Kier molecular flexibility index (Phi) is 3.20. The van der Waals surface area contributed by atoms with Crippen molar-refractivity contribution in [2.24, 2.45) is 7.05 Å². The quantitative estimate of drug-likeness (QED) is 0.489. The minimum Gasteiger partial charge on any atom is -0.343 e. The third-order valence-corrected chi connectivity index (χ3v) is 5.68. The van der Waals surface area contributed by atoms with Gasteiger partial charge in [-0.15, -0.1) is 0 Å². The molecule has 128 valence electrons. The SMILES string of the molecule is Cc1c2c(cc3c4ccccc4n(C)c13)CN(C(=O)c1ccccc1)C2. The molecule has 0 fully saturated rings. The Labute approximate surface area is 152 Å². The summed E-state index contributed by atoms with van der Waals surface area (Å²) < 4.78 is 2.28. The van der Waals surface area contributed by atoms with Crippen LogP contribution in [0.1, 0.15) is 27.0 Å². The monoisotopic (exact) mass is 340 g/mol. The molecule has 0 radical (unpaired) electrons. The van der Waals surface area contributed by atoms with E-state index in [0.717, 1.165) is 5.56 Å². The highest BCUT2D eigenvalue weighted by molar-refractivity contribution is 6.09. The lowest BCUT2D eigenvalue weighted by molar-refractivity contribution is 0.0751. The van der Waals surface area contributed by atoms with Crippen LogP contribution in [-0.2, 0) is 20.1 Å². The van der Waals surface area contributed by atoms with Crippen molar-refractivity contribution in [1.29, 1.82) is 0 Å². The predicted molar refractivity (Wildman–Crippen MR) is 105 cm³/mol. The molecule has 0 unspecified atom stereocenters. The van der Waals surface area contributed by atoms with Gasteiger partial charge in [0, 0.05) is 42.0 Å². The number of aryl methyl sites for hydroxylation is 2. The third-order valence-electron chi connectivity index (χ3n) is 5.68. The molecule has 0 bridgehead atoms. The Bertz CT molecular complexity index is 1170. The van der Waals surface area contributed by atoms with Crippen molar-refractivity contribution in [3.63, 3.8) is 0 Å². The Morgan fingerprint density at radius 3 is 2.46 bits per heavy atom. The lowest BCUT2D eigenvalue weighted by Crippen LogP contribution is -2.25. The molecule has 0 aliphatic carbocycles. The fourth-order valence-corrected chi connectivity index (χ4v) is 4.39. The number of benzene rings is 3. The molecule has 0 atom stereocenters. The smallest absolute Gasteiger partial charge is 0.254 e. The van der Waals surface area contributed by atoms with Gasteiger partial charge in [-0.05, 0) is 47.9 Å². The standard InChI is InChI=1S/C23H20N2O/c1-15-20-14-25(23(26)16-8-4-3-5-9-16)13-17(20)12-19-18-10-6-7-11-21(18)24(2)22(15)19/h3-12H,13-14H2,1-2H3. The molecule has 0 saturated heterocycles. The number of hydrogen-bond donors (Lipinski definition) is 0. The normalized spacial score (nSPS) is 13.5. The Hall–Kier alpha value is -3.07. The van der Waals surface area contributed by atoms with Crippen molar-refractivity contribution in [1.82, 2.24) is 9.47 Å². The molecule has 4 aromatic rings. The third kappa shape index (κ3) is 2.03. The van der Waals surface area contributed by atoms with Gasteiger partial charge in [0.1, 0.15) is 0 Å². The van der Waals surface area contributed by atoms with Crippen LogP contribution in [0.4, 0.5) is 0 Å². The maximum atomic E-state index is 12.9. The van der Waals surface area contributed by atoms with Crippen LogP contribution < -0.4 is 0 Å². The zero-order valence-electron chi connectivity index (χ0n) is 15.0. The second-order valence-electron chi connectivity index (χ2n) is 7.14. The second-order valence-corrected chi connectivity index (χ2v) is 7.14. The molecule has 2 heterocycles.